The molecule has 3 heterocycles. The first kappa shape index (κ1) is 20.7. The second-order valence-corrected chi connectivity index (χ2v) is 9.79. The highest BCUT2D eigenvalue weighted by Crippen LogP contribution is 2.39. The van der Waals surface area contributed by atoms with E-state index in [1.807, 2.05) is 39.1 Å². The fraction of sp³-hybridized carbons (Fsp3) is 0.476. The number of hydrogen-bond acceptors (Lipinski definition) is 6. The second kappa shape index (κ2) is 7.01. The number of hydrogen-bond donors (Lipinski definition) is 0. The van der Waals surface area contributed by atoms with Gasteiger partial charge in [-0.05, 0) is 48.3 Å². The van der Waals surface area contributed by atoms with Gasteiger partial charge in [0.05, 0.1) is 29.8 Å². The SMILES string of the molecule is CC(C)(C)OC(=O)N1Cc2cn(Cc3ccc(Br)c4c3C(=O)OC(C)(C)O4)nc2C1. The van der Waals surface area contributed by atoms with Crippen molar-refractivity contribution in [1.82, 2.24) is 14.7 Å². The summed E-state index contributed by atoms with van der Waals surface area (Å²) in [4.78, 5) is 26.5. The fourth-order valence-corrected chi connectivity index (χ4v) is 3.93. The van der Waals surface area contributed by atoms with Gasteiger partial charge in [0.15, 0.2) is 5.75 Å². The molecule has 0 spiro atoms. The number of ether oxygens (including phenoxy) is 3. The topological polar surface area (TPSA) is 82.9 Å². The largest absolute Gasteiger partial charge is 0.451 e. The van der Waals surface area contributed by atoms with Gasteiger partial charge in [0, 0.05) is 25.6 Å². The number of halogens is 1. The summed E-state index contributed by atoms with van der Waals surface area (Å²) < 4.78 is 19.2. The van der Waals surface area contributed by atoms with Gasteiger partial charge in [-0.15, -0.1) is 0 Å². The molecule has 0 radical (unpaired) electrons. The van der Waals surface area contributed by atoms with E-state index in [2.05, 4.69) is 21.0 Å². The summed E-state index contributed by atoms with van der Waals surface area (Å²) in [6.07, 6.45) is 1.55. The van der Waals surface area contributed by atoms with Gasteiger partial charge in [-0.1, -0.05) is 6.07 Å². The molecule has 0 N–H and O–H groups in total. The van der Waals surface area contributed by atoms with Gasteiger partial charge in [-0.3, -0.25) is 9.58 Å². The molecule has 1 aromatic heterocycles. The normalized spacial score (nSPS) is 17.1. The van der Waals surface area contributed by atoms with Crippen LogP contribution in [0.4, 0.5) is 4.79 Å². The first-order valence-electron chi connectivity index (χ1n) is 9.69. The second-order valence-electron chi connectivity index (χ2n) is 8.94. The summed E-state index contributed by atoms with van der Waals surface area (Å²) in [5.41, 5.74) is 2.40. The number of carbonyl (C=O) groups excluding carboxylic acids is 2. The molecule has 0 fully saturated rings. The average molecular weight is 478 g/mol. The molecule has 2 aromatic rings. The fourth-order valence-electron chi connectivity index (χ4n) is 3.52. The van der Waals surface area contributed by atoms with Crippen LogP contribution in [0.5, 0.6) is 5.75 Å². The number of carbonyl (C=O) groups is 2. The van der Waals surface area contributed by atoms with Crippen LogP contribution in [0.3, 0.4) is 0 Å². The first-order valence-corrected chi connectivity index (χ1v) is 10.5. The minimum atomic E-state index is -1.02. The Morgan fingerprint density at radius 1 is 1.27 bits per heavy atom. The molecule has 8 nitrogen and oxygen atoms in total. The Morgan fingerprint density at radius 3 is 2.67 bits per heavy atom. The van der Waals surface area contributed by atoms with Crippen molar-refractivity contribution in [3.8, 4) is 5.75 Å². The number of amides is 1. The minimum Gasteiger partial charge on any atom is -0.451 e. The van der Waals surface area contributed by atoms with E-state index in [4.69, 9.17) is 14.2 Å². The third-order valence-corrected chi connectivity index (χ3v) is 5.32. The quantitative estimate of drug-likeness (QED) is 0.601. The van der Waals surface area contributed by atoms with Crippen molar-refractivity contribution < 1.29 is 23.8 Å². The maximum Gasteiger partial charge on any atom is 0.410 e. The third kappa shape index (κ3) is 4.03. The standard InChI is InChI=1S/C21H24BrN3O5/c1-20(2,3)30-19(27)24-8-13-10-25(23-15(13)11-24)9-12-6-7-14(22)17-16(12)18(26)29-21(4,5)28-17/h6-7,10H,8-9,11H2,1-5H3. The van der Waals surface area contributed by atoms with Gasteiger partial charge in [-0.25, -0.2) is 9.59 Å². The van der Waals surface area contributed by atoms with Gasteiger partial charge in [0.2, 0.25) is 5.79 Å². The highest BCUT2D eigenvalue weighted by Gasteiger charge is 2.37. The van der Waals surface area contributed by atoms with Crippen LogP contribution in [0.25, 0.3) is 0 Å². The van der Waals surface area contributed by atoms with E-state index < -0.39 is 17.4 Å². The maximum absolute atomic E-state index is 12.6. The highest BCUT2D eigenvalue weighted by molar-refractivity contribution is 9.10. The molecule has 0 atom stereocenters. The monoisotopic (exact) mass is 477 g/mol. The molecule has 0 saturated carbocycles. The highest BCUT2D eigenvalue weighted by atomic mass is 79.9. The lowest BCUT2D eigenvalue weighted by Crippen LogP contribution is -2.39. The van der Waals surface area contributed by atoms with Crippen molar-refractivity contribution in [2.24, 2.45) is 0 Å². The van der Waals surface area contributed by atoms with Crippen molar-refractivity contribution in [2.75, 3.05) is 0 Å². The van der Waals surface area contributed by atoms with Crippen molar-refractivity contribution in [3.63, 3.8) is 0 Å². The van der Waals surface area contributed by atoms with Gasteiger partial charge >= 0.3 is 12.1 Å². The van der Waals surface area contributed by atoms with Crippen LogP contribution in [0, 0.1) is 0 Å². The van der Waals surface area contributed by atoms with Crippen LogP contribution in [0.2, 0.25) is 0 Å². The van der Waals surface area contributed by atoms with E-state index >= 15 is 0 Å². The Bertz CT molecular complexity index is 1010. The molecule has 0 saturated heterocycles. The number of nitrogens with zero attached hydrogens (tertiary/aromatic N) is 3. The number of aromatic nitrogens is 2. The Labute approximate surface area is 183 Å². The van der Waals surface area contributed by atoms with Crippen molar-refractivity contribution in [1.29, 1.82) is 0 Å². The molecule has 0 aliphatic carbocycles. The van der Waals surface area contributed by atoms with Crippen molar-refractivity contribution >= 4 is 28.0 Å². The number of rotatable bonds is 2. The van der Waals surface area contributed by atoms with Gasteiger partial charge in [-0.2, -0.15) is 5.10 Å². The number of esters is 1. The molecule has 0 unspecified atom stereocenters. The number of benzene rings is 1. The maximum atomic E-state index is 12.6. The lowest BCUT2D eigenvalue weighted by molar-refractivity contribution is -0.127. The molecular formula is C21H24BrN3O5. The van der Waals surface area contributed by atoms with Crippen LogP contribution >= 0.6 is 15.9 Å². The van der Waals surface area contributed by atoms with Crippen LogP contribution in [-0.2, 0) is 29.1 Å². The molecule has 1 aromatic carbocycles. The lowest BCUT2D eigenvalue weighted by Gasteiger charge is -2.33. The number of cyclic esters (lactones) is 1. The van der Waals surface area contributed by atoms with Crippen LogP contribution < -0.4 is 4.74 Å². The first-order chi connectivity index (χ1) is 13.9. The summed E-state index contributed by atoms with van der Waals surface area (Å²) in [5.74, 6) is -0.971. The van der Waals surface area contributed by atoms with E-state index in [1.165, 1.54) is 0 Å². The van der Waals surface area contributed by atoms with Crippen molar-refractivity contribution in [2.45, 2.75) is 65.6 Å². The zero-order chi connectivity index (χ0) is 21.8. The summed E-state index contributed by atoms with van der Waals surface area (Å²) in [6.45, 7) is 10.1. The van der Waals surface area contributed by atoms with Gasteiger partial charge in [0.25, 0.3) is 0 Å². The Morgan fingerprint density at radius 2 is 2.00 bits per heavy atom. The third-order valence-electron chi connectivity index (χ3n) is 4.70. The molecule has 1 amide bonds. The van der Waals surface area contributed by atoms with Crippen LogP contribution in [0.15, 0.2) is 22.8 Å². The molecule has 4 rings (SSSR count). The predicted molar refractivity (Wildman–Crippen MR) is 111 cm³/mol. The molecule has 0 bridgehead atoms. The summed E-state index contributed by atoms with van der Waals surface area (Å²) in [7, 11) is 0. The number of fused-ring (bicyclic) bond motifs is 2. The Kier molecular flexibility index (Phi) is 4.84. The Hall–Kier alpha value is -2.55. The lowest BCUT2D eigenvalue weighted by atomic mass is 10.0. The molecule has 2 aliphatic heterocycles. The van der Waals surface area contributed by atoms with Gasteiger partial charge < -0.3 is 14.2 Å². The van der Waals surface area contributed by atoms with E-state index in [0.29, 0.717) is 35.4 Å². The summed E-state index contributed by atoms with van der Waals surface area (Å²) in [5, 5.41) is 4.60. The molecule has 2 aliphatic rings. The van der Waals surface area contributed by atoms with E-state index in [-0.39, 0.29) is 6.09 Å². The van der Waals surface area contributed by atoms with Crippen molar-refractivity contribution in [3.05, 3.63) is 45.2 Å². The predicted octanol–water partition coefficient (Wildman–Crippen LogP) is 4.23. The molecule has 9 heteroatoms. The van der Waals surface area contributed by atoms with E-state index in [0.717, 1.165) is 16.8 Å². The molecule has 160 valence electrons. The van der Waals surface area contributed by atoms with Crippen LogP contribution in [0.1, 0.15) is 61.8 Å². The van der Waals surface area contributed by atoms with Crippen LogP contribution in [-0.4, -0.2) is 38.1 Å². The zero-order valence-corrected chi connectivity index (χ0v) is 19.2. The molecular weight excluding hydrogens is 454 g/mol. The van der Waals surface area contributed by atoms with E-state index in [9.17, 15) is 9.59 Å². The minimum absolute atomic E-state index is 0.350. The van der Waals surface area contributed by atoms with Gasteiger partial charge in [0.1, 0.15) is 11.2 Å². The smallest absolute Gasteiger partial charge is 0.410 e. The zero-order valence-electron chi connectivity index (χ0n) is 17.6. The Balaban J connectivity index is 1.53. The summed E-state index contributed by atoms with van der Waals surface area (Å²) in [6, 6.07) is 3.70. The van der Waals surface area contributed by atoms with E-state index in [1.54, 1.807) is 23.4 Å². The average Bonchev–Trinajstić information content (AvgIpc) is 3.13. The summed E-state index contributed by atoms with van der Waals surface area (Å²) >= 11 is 3.45. The molecule has 30 heavy (non-hydrogen) atoms.